The zero-order valence-corrected chi connectivity index (χ0v) is 13.8. The van der Waals surface area contributed by atoms with E-state index in [-0.39, 0.29) is 18.4 Å². The van der Waals surface area contributed by atoms with Gasteiger partial charge in [0.2, 0.25) is 12.7 Å². The number of rotatable bonds is 4. The average molecular weight is 377 g/mol. The molecule has 0 saturated heterocycles. The molecule has 0 radical (unpaired) electrons. The van der Waals surface area contributed by atoms with Crippen LogP contribution in [0, 0.1) is 11.6 Å². The van der Waals surface area contributed by atoms with Crippen LogP contribution in [0.15, 0.2) is 42.6 Å². The molecule has 1 aromatic heterocycles. The Labute approximate surface area is 151 Å². The monoisotopic (exact) mass is 376 g/mol. The van der Waals surface area contributed by atoms with E-state index in [4.69, 9.17) is 21.1 Å². The molecule has 0 unspecified atom stereocenters. The molecule has 0 saturated carbocycles. The number of fused-ring (bicyclic) bond motifs is 1. The minimum atomic E-state index is -0.703. The fourth-order valence-electron chi connectivity index (χ4n) is 2.44. The second kappa shape index (κ2) is 6.64. The molecule has 1 aliphatic rings. The van der Waals surface area contributed by atoms with E-state index < -0.39 is 11.6 Å². The van der Waals surface area contributed by atoms with Gasteiger partial charge in [0, 0.05) is 18.0 Å². The first-order valence-corrected chi connectivity index (χ1v) is 7.87. The first-order chi connectivity index (χ1) is 12.6. The van der Waals surface area contributed by atoms with Crippen molar-refractivity contribution in [3.8, 4) is 11.5 Å². The zero-order valence-electron chi connectivity index (χ0n) is 13.1. The molecule has 0 atom stereocenters. The summed E-state index contributed by atoms with van der Waals surface area (Å²) in [5.74, 6) is 0.208. The van der Waals surface area contributed by atoms with Crippen LogP contribution >= 0.6 is 11.6 Å². The summed E-state index contributed by atoms with van der Waals surface area (Å²) >= 11 is 6.22. The summed E-state index contributed by atoms with van der Waals surface area (Å²) in [4.78, 5) is 8.29. The standard InChI is InChI=1S/C17H11ClF2N4O2/c18-12-1-2-13-16(26-8-25-13)15(12)23-14-3-4-21-17(24-14)22-11-6-9(19)5-10(20)7-11/h1-7H,8H2,(H2,21,22,23,24). The SMILES string of the molecule is Fc1cc(F)cc(Nc2nccc(Nc3c(Cl)ccc4c3OCO4)n2)c1. The quantitative estimate of drug-likeness (QED) is 0.692. The van der Waals surface area contributed by atoms with Crippen LogP contribution in [-0.2, 0) is 0 Å². The van der Waals surface area contributed by atoms with Crippen LogP contribution in [0.4, 0.5) is 31.9 Å². The van der Waals surface area contributed by atoms with Gasteiger partial charge in [-0.25, -0.2) is 13.8 Å². The van der Waals surface area contributed by atoms with Gasteiger partial charge in [0.1, 0.15) is 23.1 Å². The Morgan fingerprint density at radius 1 is 1.00 bits per heavy atom. The van der Waals surface area contributed by atoms with Crippen LogP contribution < -0.4 is 20.1 Å². The first kappa shape index (κ1) is 16.3. The Morgan fingerprint density at radius 2 is 1.81 bits per heavy atom. The van der Waals surface area contributed by atoms with Crippen LogP contribution in [0.25, 0.3) is 0 Å². The lowest BCUT2D eigenvalue weighted by Gasteiger charge is -2.11. The first-order valence-electron chi connectivity index (χ1n) is 7.50. The summed E-state index contributed by atoms with van der Waals surface area (Å²) in [7, 11) is 0. The third-order valence-corrected chi connectivity index (χ3v) is 3.83. The van der Waals surface area contributed by atoms with Crippen molar-refractivity contribution in [2.75, 3.05) is 17.4 Å². The van der Waals surface area contributed by atoms with Crippen LogP contribution in [0.3, 0.4) is 0 Å². The van der Waals surface area contributed by atoms with Crippen molar-refractivity contribution >= 4 is 34.7 Å². The van der Waals surface area contributed by atoms with Crippen LogP contribution in [0.5, 0.6) is 11.5 Å². The fourth-order valence-corrected chi connectivity index (χ4v) is 2.63. The Morgan fingerprint density at radius 3 is 2.62 bits per heavy atom. The summed E-state index contributed by atoms with van der Waals surface area (Å²) in [5.41, 5.74) is 0.693. The minimum Gasteiger partial charge on any atom is -0.454 e. The number of nitrogens with one attached hydrogen (secondary N) is 2. The summed E-state index contributed by atoms with van der Waals surface area (Å²) in [6, 6.07) is 8.05. The van der Waals surface area contributed by atoms with Crippen molar-refractivity contribution in [1.82, 2.24) is 9.97 Å². The molecule has 2 heterocycles. The highest BCUT2D eigenvalue weighted by Gasteiger charge is 2.21. The topological polar surface area (TPSA) is 68.3 Å². The maximum absolute atomic E-state index is 13.3. The molecule has 2 N–H and O–H groups in total. The molecule has 132 valence electrons. The molecule has 4 rings (SSSR count). The number of benzene rings is 2. The molecular formula is C17H11ClF2N4O2. The molecular weight excluding hydrogens is 366 g/mol. The molecule has 0 aliphatic carbocycles. The molecule has 0 amide bonds. The molecule has 0 fully saturated rings. The Bertz CT molecular complexity index is 967. The van der Waals surface area contributed by atoms with E-state index in [1.54, 1.807) is 18.2 Å². The lowest BCUT2D eigenvalue weighted by molar-refractivity contribution is 0.174. The van der Waals surface area contributed by atoms with E-state index >= 15 is 0 Å². The number of halogens is 3. The molecule has 3 aromatic rings. The van der Waals surface area contributed by atoms with Gasteiger partial charge in [-0.1, -0.05) is 11.6 Å². The Hall–Kier alpha value is -3.13. The smallest absolute Gasteiger partial charge is 0.231 e. The number of aromatic nitrogens is 2. The molecule has 0 spiro atoms. The van der Waals surface area contributed by atoms with Crippen molar-refractivity contribution in [3.63, 3.8) is 0 Å². The third-order valence-electron chi connectivity index (χ3n) is 3.52. The van der Waals surface area contributed by atoms with E-state index in [2.05, 4.69) is 20.6 Å². The van der Waals surface area contributed by atoms with Gasteiger partial charge in [-0.05, 0) is 30.3 Å². The molecule has 26 heavy (non-hydrogen) atoms. The van der Waals surface area contributed by atoms with Gasteiger partial charge in [0.25, 0.3) is 0 Å². The molecule has 0 bridgehead atoms. The lowest BCUT2D eigenvalue weighted by Crippen LogP contribution is -2.02. The summed E-state index contributed by atoms with van der Waals surface area (Å²) in [5, 5.41) is 6.22. The van der Waals surface area contributed by atoms with Gasteiger partial charge in [0.05, 0.1) is 5.02 Å². The van der Waals surface area contributed by atoms with Crippen molar-refractivity contribution in [2.24, 2.45) is 0 Å². The average Bonchev–Trinajstić information content (AvgIpc) is 3.06. The lowest BCUT2D eigenvalue weighted by atomic mass is 10.2. The van der Waals surface area contributed by atoms with Gasteiger partial charge in [0.15, 0.2) is 11.5 Å². The van der Waals surface area contributed by atoms with E-state index in [1.165, 1.54) is 6.20 Å². The van der Waals surface area contributed by atoms with Crippen molar-refractivity contribution < 1.29 is 18.3 Å². The highest BCUT2D eigenvalue weighted by atomic mass is 35.5. The summed E-state index contributed by atoms with van der Waals surface area (Å²) in [6.45, 7) is 0.103. The second-order valence-corrected chi connectivity index (χ2v) is 5.74. The highest BCUT2D eigenvalue weighted by Crippen LogP contribution is 2.44. The molecule has 6 nitrogen and oxygen atoms in total. The molecule has 9 heteroatoms. The maximum Gasteiger partial charge on any atom is 0.231 e. The van der Waals surface area contributed by atoms with E-state index in [1.807, 2.05) is 0 Å². The number of hydrogen-bond donors (Lipinski definition) is 2. The number of hydrogen-bond acceptors (Lipinski definition) is 6. The fraction of sp³-hybridized carbons (Fsp3) is 0.0588. The zero-order chi connectivity index (χ0) is 18.1. The number of nitrogens with zero attached hydrogens (tertiary/aromatic N) is 2. The minimum absolute atomic E-state index is 0.103. The van der Waals surface area contributed by atoms with Gasteiger partial charge in [-0.15, -0.1) is 0 Å². The second-order valence-electron chi connectivity index (χ2n) is 5.33. The largest absolute Gasteiger partial charge is 0.454 e. The molecule has 2 aromatic carbocycles. The predicted molar refractivity (Wildman–Crippen MR) is 92.5 cm³/mol. The Kier molecular flexibility index (Phi) is 4.18. The Balaban J connectivity index is 1.60. The number of ether oxygens (including phenoxy) is 2. The van der Waals surface area contributed by atoms with E-state index in [0.29, 0.717) is 28.0 Å². The van der Waals surface area contributed by atoms with Crippen molar-refractivity contribution in [3.05, 3.63) is 59.3 Å². The maximum atomic E-state index is 13.3. The van der Waals surface area contributed by atoms with E-state index in [9.17, 15) is 8.78 Å². The normalized spacial score (nSPS) is 12.1. The summed E-state index contributed by atoms with van der Waals surface area (Å²) < 4.78 is 37.3. The molecule has 1 aliphatic heterocycles. The van der Waals surface area contributed by atoms with Crippen LogP contribution in [-0.4, -0.2) is 16.8 Å². The predicted octanol–water partition coefficient (Wildman–Crippen LogP) is 4.62. The van der Waals surface area contributed by atoms with Crippen molar-refractivity contribution in [1.29, 1.82) is 0 Å². The van der Waals surface area contributed by atoms with Crippen molar-refractivity contribution in [2.45, 2.75) is 0 Å². The van der Waals surface area contributed by atoms with E-state index in [0.717, 1.165) is 18.2 Å². The van der Waals surface area contributed by atoms with Crippen LogP contribution in [0.1, 0.15) is 0 Å². The van der Waals surface area contributed by atoms with Gasteiger partial charge < -0.3 is 20.1 Å². The summed E-state index contributed by atoms with van der Waals surface area (Å²) in [6.07, 6.45) is 1.49. The number of anilines is 4. The van der Waals surface area contributed by atoms with Gasteiger partial charge in [-0.3, -0.25) is 0 Å². The van der Waals surface area contributed by atoms with Gasteiger partial charge >= 0.3 is 0 Å². The highest BCUT2D eigenvalue weighted by molar-refractivity contribution is 6.33. The third kappa shape index (κ3) is 3.31. The van der Waals surface area contributed by atoms with Crippen LogP contribution in [0.2, 0.25) is 5.02 Å². The van der Waals surface area contributed by atoms with Gasteiger partial charge in [-0.2, -0.15) is 4.98 Å².